The summed E-state index contributed by atoms with van der Waals surface area (Å²) in [5.74, 6) is 0. The minimum absolute atomic E-state index is 0.320. The summed E-state index contributed by atoms with van der Waals surface area (Å²) in [5, 5.41) is 0.533. The Hall–Kier alpha value is 1.57. The van der Waals surface area contributed by atoms with Crippen molar-refractivity contribution in [2.45, 2.75) is 37.4 Å². The first-order valence-electron chi connectivity index (χ1n) is 3.78. The molecular weight excluding hydrogens is 231 g/mol. The molecule has 0 bridgehead atoms. The van der Waals surface area contributed by atoms with E-state index in [-0.39, 0.29) is 5.10 Å². The largest absolute Gasteiger partial charge is 0.328 e. The highest BCUT2D eigenvalue weighted by molar-refractivity contribution is 9.11. The fraction of sp³-hybridized carbons (Fsp3) is 1.00. The lowest BCUT2D eigenvalue weighted by Crippen LogP contribution is -2.05. The fourth-order valence-electron chi connectivity index (χ4n) is 1.31. The molecule has 0 radical (unpaired) electrons. The third kappa shape index (κ3) is 4.37. The first-order valence-corrected chi connectivity index (χ1v) is 10.1. The molecule has 1 rings (SSSR count). The molecule has 0 aromatic rings. The van der Waals surface area contributed by atoms with Crippen LogP contribution in [-0.2, 0) is 11.8 Å². The van der Waals surface area contributed by atoms with Crippen molar-refractivity contribution in [1.29, 1.82) is 0 Å². The van der Waals surface area contributed by atoms with Crippen LogP contribution in [0.5, 0.6) is 0 Å². The molecule has 0 saturated heterocycles. The van der Waals surface area contributed by atoms with Crippen LogP contribution in [0.15, 0.2) is 0 Å². The molecule has 1 saturated carbocycles. The zero-order valence-corrected chi connectivity index (χ0v) is 10.5. The van der Waals surface area contributed by atoms with Crippen LogP contribution in [0.1, 0.15) is 32.1 Å². The summed E-state index contributed by atoms with van der Waals surface area (Å²) in [6.07, 6.45) is 7.02. The average Bonchev–Trinajstić information content (AvgIpc) is 2.06. The highest BCUT2D eigenvalue weighted by atomic mass is 33.5. The molecule has 0 spiro atoms. The van der Waals surface area contributed by atoms with Crippen LogP contribution in [0.2, 0.25) is 0 Å². The summed E-state index contributed by atoms with van der Waals surface area (Å²) >= 11 is 11.4. The van der Waals surface area contributed by atoms with Gasteiger partial charge in [-0.2, -0.15) is 0 Å². The standard InChI is InChI=1S/C6H11PS4/c8-7(11-9)10-6-4-2-1-3-5-6/h6H,1-5H2/p+1. The highest BCUT2D eigenvalue weighted by Crippen LogP contribution is 2.56. The molecular formula is C6H12PS4+. The van der Waals surface area contributed by atoms with Crippen molar-refractivity contribution in [1.82, 2.24) is 0 Å². The zero-order chi connectivity index (χ0) is 8.10. The van der Waals surface area contributed by atoms with Crippen molar-refractivity contribution in [3.05, 3.63) is 0 Å². The molecule has 64 valence electrons. The SMILES string of the molecule is S=[P+](SS)SC1CCCCC1. The second-order valence-corrected chi connectivity index (χ2v) is 12.1. The second-order valence-electron chi connectivity index (χ2n) is 2.67. The first-order chi connectivity index (χ1) is 5.33. The fourth-order valence-corrected chi connectivity index (χ4v) is 7.19. The molecule has 5 heteroatoms. The van der Waals surface area contributed by atoms with E-state index < -0.39 is 0 Å². The molecule has 0 heterocycles. The van der Waals surface area contributed by atoms with Gasteiger partial charge in [0.25, 0.3) is 0 Å². The Morgan fingerprint density at radius 3 is 2.45 bits per heavy atom. The molecule has 11 heavy (non-hydrogen) atoms. The van der Waals surface area contributed by atoms with Gasteiger partial charge in [0.15, 0.2) is 22.2 Å². The summed E-state index contributed by atoms with van der Waals surface area (Å²) in [4.78, 5) is 0. The van der Waals surface area contributed by atoms with E-state index in [1.165, 1.54) is 32.1 Å². The van der Waals surface area contributed by atoms with E-state index >= 15 is 0 Å². The summed E-state index contributed by atoms with van der Waals surface area (Å²) in [6.45, 7) is 0. The van der Waals surface area contributed by atoms with Gasteiger partial charge in [-0.05, 0) is 12.8 Å². The van der Waals surface area contributed by atoms with E-state index in [0.717, 1.165) is 5.25 Å². The smallest absolute Gasteiger partial charge is 0.0588 e. The van der Waals surface area contributed by atoms with Gasteiger partial charge in [0.1, 0.15) is 11.4 Å². The molecule has 1 unspecified atom stereocenters. The molecule has 1 atom stereocenters. The average molecular weight is 243 g/mol. The maximum absolute atomic E-state index is 5.23. The third-order valence-electron chi connectivity index (χ3n) is 1.85. The highest BCUT2D eigenvalue weighted by Gasteiger charge is 2.23. The van der Waals surface area contributed by atoms with Crippen LogP contribution in [0.3, 0.4) is 0 Å². The Balaban J connectivity index is 2.19. The summed E-state index contributed by atoms with van der Waals surface area (Å²) in [5.41, 5.74) is 0. The first kappa shape index (κ1) is 10.6. The lowest BCUT2D eigenvalue weighted by Gasteiger charge is -2.15. The van der Waals surface area contributed by atoms with Crippen molar-refractivity contribution in [3.8, 4) is 0 Å². The maximum atomic E-state index is 5.23. The Labute approximate surface area is 87.4 Å². The summed E-state index contributed by atoms with van der Waals surface area (Å²) < 4.78 is 0. The van der Waals surface area contributed by atoms with Gasteiger partial charge < -0.3 is 0 Å². The van der Waals surface area contributed by atoms with Crippen molar-refractivity contribution in [2.24, 2.45) is 0 Å². The molecule has 0 nitrogen and oxygen atoms in total. The maximum Gasteiger partial charge on any atom is 0.328 e. The Morgan fingerprint density at radius 1 is 1.27 bits per heavy atom. The van der Waals surface area contributed by atoms with Gasteiger partial charge in [-0.1, -0.05) is 30.9 Å². The van der Waals surface area contributed by atoms with Gasteiger partial charge in [-0.3, -0.25) is 0 Å². The van der Waals surface area contributed by atoms with E-state index in [1.807, 2.05) is 11.4 Å². The minimum Gasteiger partial charge on any atom is -0.0588 e. The van der Waals surface area contributed by atoms with Crippen molar-refractivity contribution >= 4 is 50.4 Å². The third-order valence-corrected chi connectivity index (χ3v) is 11.1. The zero-order valence-electron chi connectivity index (χ0n) is 6.23. The van der Waals surface area contributed by atoms with E-state index in [9.17, 15) is 0 Å². The van der Waals surface area contributed by atoms with Gasteiger partial charge in [0, 0.05) is 0 Å². The van der Waals surface area contributed by atoms with E-state index in [2.05, 4.69) is 11.7 Å². The number of rotatable bonds is 3. The normalized spacial score (nSPS) is 21.7. The Bertz CT molecular complexity index is 133. The predicted octanol–water partition coefficient (Wildman–Crippen LogP) is 4.40. The van der Waals surface area contributed by atoms with Crippen molar-refractivity contribution in [2.75, 3.05) is 0 Å². The molecule has 0 N–H and O–H groups in total. The molecule has 0 amide bonds. The summed E-state index contributed by atoms with van der Waals surface area (Å²) in [6, 6.07) is 0. The monoisotopic (exact) mass is 243 g/mol. The van der Waals surface area contributed by atoms with Crippen LogP contribution < -0.4 is 0 Å². The number of hydrogen-bond donors (Lipinski definition) is 1. The molecule has 0 aliphatic heterocycles. The van der Waals surface area contributed by atoms with Gasteiger partial charge in [0.2, 0.25) is 0 Å². The number of hydrogen-bond acceptors (Lipinski definition) is 4. The minimum atomic E-state index is -0.320. The van der Waals surface area contributed by atoms with Crippen LogP contribution >= 0.6 is 38.6 Å². The predicted molar refractivity (Wildman–Crippen MR) is 65.3 cm³/mol. The van der Waals surface area contributed by atoms with Crippen LogP contribution in [0.25, 0.3) is 0 Å². The van der Waals surface area contributed by atoms with E-state index in [4.69, 9.17) is 11.8 Å². The lowest BCUT2D eigenvalue weighted by molar-refractivity contribution is 0.517. The quantitative estimate of drug-likeness (QED) is 0.443. The van der Waals surface area contributed by atoms with Crippen molar-refractivity contribution < 1.29 is 0 Å². The molecule has 0 aromatic heterocycles. The van der Waals surface area contributed by atoms with Crippen LogP contribution in [-0.4, -0.2) is 5.25 Å². The lowest BCUT2D eigenvalue weighted by atomic mass is 10.0. The van der Waals surface area contributed by atoms with Gasteiger partial charge in [-0.25, -0.2) is 0 Å². The van der Waals surface area contributed by atoms with Gasteiger partial charge in [-0.15, -0.1) is 0 Å². The molecule has 1 aliphatic carbocycles. The molecule has 1 fully saturated rings. The van der Waals surface area contributed by atoms with Crippen LogP contribution in [0, 0.1) is 0 Å². The molecule has 1 aliphatic rings. The topological polar surface area (TPSA) is 0 Å². The second kappa shape index (κ2) is 6.09. The van der Waals surface area contributed by atoms with E-state index in [0.29, 0.717) is 0 Å². The summed E-state index contributed by atoms with van der Waals surface area (Å²) in [7, 11) is 1.56. The molecule has 0 aromatic carbocycles. The Kier molecular flexibility index (Phi) is 5.90. The van der Waals surface area contributed by atoms with E-state index in [1.54, 1.807) is 10.4 Å². The van der Waals surface area contributed by atoms with Gasteiger partial charge in [0.05, 0.1) is 5.25 Å². The number of thiol groups is 1. The van der Waals surface area contributed by atoms with Crippen molar-refractivity contribution in [3.63, 3.8) is 0 Å². The van der Waals surface area contributed by atoms with Gasteiger partial charge >= 0.3 is 5.10 Å². The Morgan fingerprint density at radius 2 is 1.91 bits per heavy atom. The van der Waals surface area contributed by atoms with Crippen LogP contribution in [0.4, 0.5) is 0 Å².